The lowest BCUT2D eigenvalue weighted by molar-refractivity contribution is 0.386. The smallest absolute Gasteiger partial charge is 0.258 e. The van der Waals surface area contributed by atoms with Crippen LogP contribution in [0.1, 0.15) is 18.9 Å². The molecule has 0 amide bonds. The Labute approximate surface area is 115 Å². The Morgan fingerprint density at radius 2 is 2.20 bits per heavy atom. The molecule has 1 aromatic heterocycles. The maximum absolute atomic E-state index is 13.6. The highest BCUT2D eigenvalue weighted by atomic mass is 19.1. The molecule has 0 radical (unpaired) electrons. The maximum Gasteiger partial charge on any atom is 0.258 e. The van der Waals surface area contributed by atoms with E-state index in [1.165, 1.54) is 19.2 Å². The predicted octanol–water partition coefficient (Wildman–Crippen LogP) is 2.24. The van der Waals surface area contributed by atoms with Crippen LogP contribution in [-0.2, 0) is 6.42 Å². The summed E-state index contributed by atoms with van der Waals surface area (Å²) in [4.78, 5) is 18.3. The monoisotopic (exact) mass is 278 g/mol. The third-order valence-electron chi connectivity index (χ3n) is 2.92. The van der Waals surface area contributed by atoms with Crippen molar-refractivity contribution in [2.24, 2.45) is 0 Å². The van der Waals surface area contributed by atoms with Crippen LogP contribution >= 0.6 is 0 Å². The molecule has 0 aliphatic carbocycles. The van der Waals surface area contributed by atoms with E-state index in [-0.39, 0.29) is 23.0 Å². The van der Waals surface area contributed by atoms with Crippen molar-refractivity contribution in [1.29, 1.82) is 0 Å². The molecule has 0 aliphatic heterocycles. The van der Waals surface area contributed by atoms with Gasteiger partial charge in [-0.2, -0.15) is 4.98 Å². The third kappa shape index (κ3) is 2.64. The van der Waals surface area contributed by atoms with Crippen LogP contribution in [0.4, 0.5) is 4.39 Å². The second kappa shape index (κ2) is 5.73. The van der Waals surface area contributed by atoms with Crippen molar-refractivity contribution in [1.82, 2.24) is 9.97 Å². The van der Waals surface area contributed by atoms with Gasteiger partial charge in [0, 0.05) is 5.56 Å². The summed E-state index contributed by atoms with van der Waals surface area (Å²) >= 11 is 0. The molecule has 1 heterocycles. The number of aromatic amines is 1. The SMILES string of the molecule is CCCc1c(O)nc(-c2ccc(OC)c(F)c2)[nH]c1=O. The van der Waals surface area contributed by atoms with Crippen molar-refractivity contribution >= 4 is 0 Å². The maximum atomic E-state index is 13.6. The lowest BCUT2D eigenvalue weighted by Crippen LogP contribution is -2.15. The lowest BCUT2D eigenvalue weighted by atomic mass is 10.1. The molecular weight excluding hydrogens is 263 g/mol. The fourth-order valence-electron chi connectivity index (χ4n) is 1.91. The van der Waals surface area contributed by atoms with E-state index >= 15 is 0 Å². The molecule has 6 heteroatoms. The quantitative estimate of drug-likeness (QED) is 0.899. The molecule has 0 atom stereocenters. The topological polar surface area (TPSA) is 75.2 Å². The molecule has 106 valence electrons. The van der Waals surface area contributed by atoms with Gasteiger partial charge in [-0.05, 0) is 24.6 Å². The third-order valence-corrected chi connectivity index (χ3v) is 2.92. The largest absolute Gasteiger partial charge is 0.494 e. The molecule has 20 heavy (non-hydrogen) atoms. The number of aromatic hydroxyl groups is 1. The van der Waals surface area contributed by atoms with Gasteiger partial charge in [0.15, 0.2) is 11.6 Å². The Morgan fingerprint density at radius 3 is 2.75 bits per heavy atom. The van der Waals surface area contributed by atoms with Gasteiger partial charge in [-0.15, -0.1) is 0 Å². The molecule has 2 N–H and O–H groups in total. The molecule has 0 spiro atoms. The molecule has 0 fully saturated rings. The molecule has 2 aromatic rings. The second-order valence-electron chi connectivity index (χ2n) is 4.32. The number of nitrogens with zero attached hydrogens (tertiary/aromatic N) is 1. The minimum absolute atomic E-state index is 0.0999. The van der Waals surface area contributed by atoms with Gasteiger partial charge in [0.1, 0.15) is 5.82 Å². The van der Waals surface area contributed by atoms with Gasteiger partial charge < -0.3 is 14.8 Å². The Hall–Kier alpha value is -2.37. The fraction of sp³-hybridized carbons (Fsp3) is 0.286. The average Bonchev–Trinajstić information content (AvgIpc) is 2.42. The van der Waals surface area contributed by atoms with Gasteiger partial charge >= 0.3 is 0 Å². The number of methoxy groups -OCH3 is 1. The van der Waals surface area contributed by atoms with Crippen LogP contribution in [0.15, 0.2) is 23.0 Å². The summed E-state index contributed by atoms with van der Waals surface area (Å²) in [7, 11) is 1.36. The Balaban J connectivity index is 2.48. The van der Waals surface area contributed by atoms with E-state index in [1.54, 1.807) is 6.07 Å². The van der Waals surface area contributed by atoms with Crippen LogP contribution in [0.3, 0.4) is 0 Å². The molecule has 1 aromatic carbocycles. The van der Waals surface area contributed by atoms with Crippen molar-refractivity contribution in [3.05, 3.63) is 39.9 Å². The first-order valence-corrected chi connectivity index (χ1v) is 6.22. The highest BCUT2D eigenvalue weighted by Gasteiger charge is 2.12. The minimum Gasteiger partial charge on any atom is -0.494 e. The number of ether oxygens (including phenoxy) is 1. The molecule has 0 bridgehead atoms. The first-order valence-electron chi connectivity index (χ1n) is 6.22. The van der Waals surface area contributed by atoms with Crippen molar-refractivity contribution in [3.8, 4) is 23.0 Å². The van der Waals surface area contributed by atoms with Crippen LogP contribution in [0.2, 0.25) is 0 Å². The van der Waals surface area contributed by atoms with Crippen LogP contribution in [-0.4, -0.2) is 22.2 Å². The number of aromatic nitrogens is 2. The van der Waals surface area contributed by atoms with Crippen LogP contribution in [0.5, 0.6) is 11.6 Å². The molecule has 0 aliphatic rings. The summed E-state index contributed by atoms with van der Waals surface area (Å²) in [6.07, 6.45) is 1.15. The predicted molar refractivity (Wildman–Crippen MR) is 72.5 cm³/mol. The van der Waals surface area contributed by atoms with Gasteiger partial charge in [-0.25, -0.2) is 4.39 Å². The van der Waals surface area contributed by atoms with E-state index in [4.69, 9.17) is 4.74 Å². The van der Waals surface area contributed by atoms with Gasteiger partial charge in [0.2, 0.25) is 5.88 Å². The summed E-state index contributed by atoms with van der Waals surface area (Å²) in [6, 6.07) is 4.18. The summed E-state index contributed by atoms with van der Waals surface area (Å²) in [6.45, 7) is 1.89. The number of hydrogen-bond acceptors (Lipinski definition) is 4. The van der Waals surface area contributed by atoms with E-state index < -0.39 is 11.4 Å². The first-order chi connectivity index (χ1) is 9.56. The first kappa shape index (κ1) is 14.0. The van der Waals surface area contributed by atoms with Crippen molar-refractivity contribution in [3.63, 3.8) is 0 Å². The number of benzene rings is 1. The van der Waals surface area contributed by atoms with Crippen molar-refractivity contribution < 1.29 is 14.2 Å². The van der Waals surface area contributed by atoms with Crippen LogP contribution in [0, 0.1) is 5.82 Å². The summed E-state index contributed by atoms with van der Waals surface area (Å²) in [5.41, 5.74) is 0.189. The number of halogens is 1. The van der Waals surface area contributed by atoms with E-state index in [9.17, 15) is 14.3 Å². The van der Waals surface area contributed by atoms with Gasteiger partial charge in [-0.3, -0.25) is 4.79 Å². The number of nitrogens with one attached hydrogen (secondary N) is 1. The minimum atomic E-state index is -0.565. The van der Waals surface area contributed by atoms with E-state index in [0.717, 1.165) is 6.42 Å². The number of hydrogen-bond donors (Lipinski definition) is 2. The van der Waals surface area contributed by atoms with Crippen molar-refractivity contribution in [2.75, 3.05) is 7.11 Å². The Bertz CT molecular complexity index is 683. The zero-order valence-corrected chi connectivity index (χ0v) is 11.2. The Kier molecular flexibility index (Phi) is 4.02. The lowest BCUT2D eigenvalue weighted by Gasteiger charge is -2.07. The van der Waals surface area contributed by atoms with E-state index in [1.807, 2.05) is 6.92 Å². The normalized spacial score (nSPS) is 10.6. The van der Waals surface area contributed by atoms with E-state index in [2.05, 4.69) is 9.97 Å². The summed E-state index contributed by atoms with van der Waals surface area (Å²) in [5.74, 6) is -0.663. The Morgan fingerprint density at radius 1 is 1.45 bits per heavy atom. The molecule has 2 rings (SSSR count). The average molecular weight is 278 g/mol. The molecule has 0 saturated carbocycles. The van der Waals surface area contributed by atoms with Gasteiger partial charge in [0.05, 0.1) is 12.7 Å². The van der Waals surface area contributed by atoms with Gasteiger partial charge in [-0.1, -0.05) is 13.3 Å². The molecule has 0 unspecified atom stereocenters. The zero-order chi connectivity index (χ0) is 14.7. The molecule has 5 nitrogen and oxygen atoms in total. The van der Waals surface area contributed by atoms with Crippen LogP contribution in [0.25, 0.3) is 11.4 Å². The number of H-pyrrole nitrogens is 1. The zero-order valence-electron chi connectivity index (χ0n) is 11.2. The molecular formula is C14H15FN2O3. The summed E-state index contributed by atoms with van der Waals surface area (Å²) < 4.78 is 18.4. The van der Waals surface area contributed by atoms with Crippen LogP contribution < -0.4 is 10.3 Å². The fourth-order valence-corrected chi connectivity index (χ4v) is 1.91. The van der Waals surface area contributed by atoms with E-state index in [0.29, 0.717) is 12.0 Å². The second-order valence-corrected chi connectivity index (χ2v) is 4.32. The molecule has 0 saturated heterocycles. The summed E-state index contributed by atoms with van der Waals surface area (Å²) in [5, 5.41) is 9.79. The standard InChI is InChI=1S/C14H15FN2O3/c1-3-4-9-13(18)16-12(17-14(9)19)8-5-6-11(20-2)10(15)7-8/h5-7H,3-4H2,1-2H3,(H2,16,17,18,19). The van der Waals surface area contributed by atoms with Crippen molar-refractivity contribution in [2.45, 2.75) is 19.8 Å². The highest BCUT2D eigenvalue weighted by molar-refractivity contribution is 5.57. The number of rotatable bonds is 4. The highest BCUT2D eigenvalue weighted by Crippen LogP contribution is 2.24. The van der Waals surface area contributed by atoms with Gasteiger partial charge in [0.25, 0.3) is 5.56 Å².